The highest BCUT2D eigenvalue weighted by Gasteiger charge is 2.30. The maximum Gasteiger partial charge on any atom is 0.136 e. The lowest BCUT2D eigenvalue weighted by Crippen LogP contribution is -2.18. The van der Waals surface area contributed by atoms with Crippen LogP contribution < -0.4 is 0 Å². The Morgan fingerprint density at radius 3 is 2.50 bits per heavy atom. The fourth-order valence-corrected chi connectivity index (χ4v) is 3.04. The van der Waals surface area contributed by atoms with Gasteiger partial charge in [0.2, 0.25) is 0 Å². The molecule has 1 saturated carbocycles. The van der Waals surface area contributed by atoms with Crippen LogP contribution in [0.5, 0.6) is 0 Å². The topological polar surface area (TPSA) is 17.1 Å². The van der Waals surface area contributed by atoms with Crippen LogP contribution in [0.1, 0.15) is 78.1 Å². The number of hydrogen-bond acceptors (Lipinski definition) is 1. The number of carbonyl (C=O) groups excluding carboxylic acids is 1. The Morgan fingerprint density at radius 2 is 1.94 bits per heavy atom. The van der Waals surface area contributed by atoms with E-state index >= 15 is 0 Å². The molecule has 94 valence electrons. The number of ketones is 1. The summed E-state index contributed by atoms with van der Waals surface area (Å²) in [5.74, 6) is 1.67. The Balaban J connectivity index is 2.18. The summed E-state index contributed by atoms with van der Waals surface area (Å²) in [6.07, 6.45) is 12.4. The summed E-state index contributed by atoms with van der Waals surface area (Å²) in [6, 6.07) is 0. The number of rotatable bonds is 8. The summed E-state index contributed by atoms with van der Waals surface area (Å²) < 4.78 is 0. The molecule has 0 aliphatic heterocycles. The third kappa shape index (κ3) is 4.27. The lowest BCUT2D eigenvalue weighted by Gasteiger charge is -2.20. The van der Waals surface area contributed by atoms with Crippen molar-refractivity contribution >= 4 is 5.78 Å². The first-order valence-corrected chi connectivity index (χ1v) is 7.32. The Morgan fingerprint density at radius 1 is 1.19 bits per heavy atom. The van der Waals surface area contributed by atoms with Gasteiger partial charge in [-0.05, 0) is 25.2 Å². The van der Waals surface area contributed by atoms with Gasteiger partial charge in [-0.25, -0.2) is 0 Å². The molecule has 1 fully saturated rings. The van der Waals surface area contributed by atoms with E-state index < -0.39 is 0 Å². The van der Waals surface area contributed by atoms with E-state index in [9.17, 15) is 4.79 Å². The predicted molar refractivity (Wildman–Crippen MR) is 69.5 cm³/mol. The molecule has 0 aromatic carbocycles. The zero-order valence-electron chi connectivity index (χ0n) is 11.1. The SMILES string of the molecule is CCCCCCCC(CC)C1CCCC1=O. The molecule has 1 heteroatoms. The molecule has 1 nitrogen and oxygen atoms in total. The number of unbranched alkanes of at least 4 members (excludes halogenated alkanes) is 4. The first-order chi connectivity index (χ1) is 7.79. The van der Waals surface area contributed by atoms with Gasteiger partial charge in [0, 0.05) is 12.3 Å². The van der Waals surface area contributed by atoms with Crippen molar-refractivity contribution in [3.05, 3.63) is 0 Å². The van der Waals surface area contributed by atoms with Gasteiger partial charge in [-0.1, -0.05) is 52.4 Å². The van der Waals surface area contributed by atoms with Gasteiger partial charge < -0.3 is 0 Å². The number of hydrogen-bond donors (Lipinski definition) is 0. The molecule has 1 rings (SSSR count). The van der Waals surface area contributed by atoms with E-state index in [0.29, 0.717) is 17.6 Å². The van der Waals surface area contributed by atoms with Crippen LogP contribution in [0.25, 0.3) is 0 Å². The zero-order valence-corrected chi connectivity index (χ0v) is 11.1. The molecule has 0 heterocycles. The Hall–Kier alpha value is -0.330. The first-order valence-electron chi connectivity index (χ1n) is 7.32. The van der Waals surface area contributed by atoms with Crippen LogP contribution in [0.2, 0.25) is 0 Å². The molecule has 2 unspecified atom stereocenters. The minimum atomic E-state index is 0.427. The summed E-state index contributed by atoms with van der Waals surface area (Å²) in [5.41, 5.74) is 0. The van der Waals surface area contributed by atoms with Crippen molar-refractivity contribution in [1.82, 2.24) is 0 Å². The van der Waals surface area contributed by atoms with Crippen LogP contribution in [0, 0.1) is 11.8 Å². The zero-order chi connectivity index (χ0) is 11.8. The summed E-state index contributed by atoms with van der Waals surface area (Å²) in [7, 11) is 0. The summed E-state index contributed by atoms with van der Waals surface area (Å²) in [6.45, 7) is 4.51. The summed E-state index contributed by atoms with van der Waals surface area (Å²) in [4.78, 5) is 11.7. The van der Waals surface area contributed by atoms with Crippen molar-refractivity contribution in [3.63, 3.8) is 0 Å². The molecule has 2 atom stereocenters. The molecule has 0 saturated heterocycles. The van der Waals surface area contributed by atoms with Crippen molar-refractivity contribution in [2.75, 3.05) is 0 Å². The molecule has 0 spiro atoms. The van der Waals surface area contributed by atoms with Crippen LogP contribution in [-0.2, 0) is 4.79 Å². The van der Waals surface area contributed by atoms with Gasteiger partial charge in [0.25, 0.3) is 0 Å². The summed E-state index contributed by atoms with van der Waals surface area (Å²) >= 11 is 0. The number of carbonyl (C=O) groups is 1. The van der Waals surface area contributed by atoms with Gasteiger partial charge in [0.1, 0.15) is 5.78 Å². The van der Waals surface area contributed by atoms with Crippen LogP contribution >= 0.6 is 0 Å². The fraction of sp³-hybridized carbons (Fsp3) is 0.933. The quantitative estimate of drug-likeness (QED) is 0.544. The normalized spacial score (nSPS) is 22.6. The molecule has 1 aliphatic carbocycles. The first kappa shape index (κ1) is 13.7. The molecule has 0 bridgehead atoms. The fourth-order valence-electron chi connectivity index (χ4n) is 3.04. The van der Waals surface area contributed by atoms with Gasteiger partial charge in [-0.2, -0.15) is 0 Å². The molecule has 0 aromatic rings. The van der Waals surface area contributed by atoms with E-state index in [2.05, 4.69) is 13.8 Å². The molecule has 16 heavy (non-hydrogen) atoms. The molecule has 0 aromatic heterocycles. The van der Waals surface area contributed by atoms with E-state index in [1.165, 1.54) is 51.4 Å². The van der Waals surface area contributed by atoms with Crippen molar-refractivity contribution in [3.8, 4) is 0 Å². The van der Waals surface area contributed by atoms with E-state index in [1.54, 1.807) is 0 Å². The average molecular weight is 224 g/mol. The highest BCUT2D eigenvalue weighted by atomic mass is 16.1. The highest BCUT2D eigenvalue weighted by molar-refractivity contribution is 5.83. The Labute approximate surface area is 101 Å². The largest absolute Gasteiger partial charge is 0.299 e. The monoisotopic (exact) mass is 224 g/mol. The Kier molecular flexibility index (Phi) is 6.75. The maximum atomic E-state index is 11.7. The smallest absolute Gasteiger partial charge is 0.136 e. The van der Waals surface area contributed by atoms with E-state index in [1.807, 2.05) is 0 Å². The van der Waals surface area contributed by atoms with Gasteiger partial charge in [0.15, 0.2) is 0 Å². The summed E-state index contributed by atoms with van der Waals surface area (Å²) in [5, 5.41) is 0. The van der Waals surface area contributed by atoms with Gasteiger partial charge in [0.05, 0.1) is 0 Å². The minimum absolute atomic E-state index is 0.427. The average Bonchev–Trinajstić information content (AvgIpc) is 2.70. The maximum absolute atomic E-state index is 11.7. The third-order valence-corrected chi connectivity index (χ3v) is 4.12. The van der Waals surface area contributed by atoms with Crippen molar-refractivity contribution in [2.45, 2.75) is 78.1 Å². The third-order valence-electron chi connectivity index (χ3n) is 4.12. The second-order valence-corrected chi connectivity index (χ2v) is 5.34. The minimum Gasteiger partial charge on any atom is -0.299 e. The van der Waals surface area contributed by atoms with E-state index in [0.717, 1.165) is 12.8 Å². The van der Waals surface area contributed by atoms with E-state index in [-0.39, 0.29) is 0 Å². The van der Waals surface area contributed by atoms with Crippen LogP contribution in [-0.4, -0.2) is 5.78 Å². The lowest BCUT2D eigenvalue weighted by molar-refractivity contribution is -0.122. The van der Waals surface area contributed by atoms with Crippen molar-refractivity contribution in [1.29, 1.82) is 0 Å². The highest BCUT2D eigenvalue weighted by Crippen LogP contribution is 2.33. The van der Waals surface area contributed by atoms with Gasteiger partial charge >= 0.3 is 0 Å². The molecule has 0 radical (unpaired) electrons. The molecule has 1 aliphatic rings. The van der Waals surface area contributed by atoms with Crippen LogP contribution in [0.3, 0.4) is 0 Å². The lowest BCUT2D eigenvalue weighted by atomic mass is 9.84. The molecule has 0 N–H and O–H groups in total. The second kappa shape index (κ2) is 7.86. The molecular formula is C15H28O. The Bertz CT molecular complexity index is 198. The second-order valence-electron chi connectivity index (χ2n) is 5.34. The van der Waals surface area contributed by atoms with Crippen LogP contribution in [0.4, 0.5) is 0 Å². The van der Waals surface area contributed by atoms with E-state index in [4.69, 9.17) is 0 Å². The van der Waals surface area contributed by atoms with Crippen molar-refractivity contribution < 1.29 is 4.79 Å². The standard InChI is InChI=1S/C15H28O/c1-3-5-6-7-8-10-13(4-2)14-11-9-12-15(14)16/h13-14H,3-12H2,1-2H3. The van der Waals surface area contributed by atoms with Crippen molar-refractivity contribution in [2.24, 2.45) is 11.8 Å². The predicted octanol–water partition coefficient (Wildman–Crippen LogP) is 4.74. The molecular weight excluding hydrogens is 196 g/mol. The van der Waals surface area contributed by atoms with Gasteiger partial charge in [-0.15, -0.1) is 0 Å². The van der Waals surface area contributed by atoms with Gasteiger partial charge in [-0.3, -0.25) is 4.79 Å². The van der Waals surface area contributed by atoms with Crippen LogP contribution in [0.15, 0.2) is 0 Å². The molecule has 0 amide bonds. The number of Topliss-reactive ketones (excluding diaryl/α,β-unsaturated/α-hetero) is 1.